The minimum Gasteiger partial charge on any atom is -0.321 e. The van der Waals surface area contributed by atoms with Gasteiger partial charge in [0.2, 0.25) is 0 Å². The summed E-state index contributed by atoms with van der Waals surface area (Å²) in [6.07, 6.45) is 0. The molecule has 0 bridgehead atoms. The van der Waals surface area contributed by atoms with Gasteiger partial charge in [0, 0.05) is 20.0 Å². The third-order valence-electron chi connectivity index (χ3n) is 5.10. The van der Waals surface area contributed by atoms with Crippen LogP contribution >= 0.6 is 31.9 Å². The van der Waals surface area contributed by atoms with E-state index in [2.05, 4.69) is 47.9 Å². The number of amides is 3. The average molecular weight is 584 g/mol. The first kappa shape index (κ1) is 23.7. The molecule has 0 radical (unpaired) electrons. The van der Waals surface area contributed by atoms with Gasteiger partial charge in [-0.1, -0.05) is 39.7 Å². The van der Waals surface area contributed by atoms with Gasteiger partial charge in [0.1, 0.15) is 5.69 Å². The van der Waals surface area contributed by atoms with Gasteiger partial charge in [-0.05, 0) is 83.9 Å². The fourth-order valence-electron chi connectivity index (χ4n) is 3.36. The number of fused-ring (bicyclic) bond motifs is 1. The van der Waals surface area contributed by atoms with Crippen LogP contribution in [0, 0.1) is 13.8 Å². The van der Waals surface area contributed by atoms with Crippen LogP contribution in [-0.2, 0) is 9.59 Å². The molecule has 9 heteroatoms. The van der Waals surface area contributed by atoms with Gasteiger partial charge < -0.3 is 10.6 Å². The molecule has 0 saturated heterocycles. The monoisotopic (exact) mass is 582 g/mol. The molecule has 1 heterocycles. The molecule has 3 amide bonds. The van der Waals surface area contributed by atoms with Crippen molar-refractivity contribution in [1.82, 2.24) is 4.68 Å². The lowest BCUT2D eigenvalue weighted by Crippen LogP contribution is -2.36. The van der Waals surface area contributed by atoms with E-state index in [4.69, 9.17) is 0 Å². The molecule has 3 aromatic carbocycles. The van der Waals surface area contributed by atoms with Crippen molar-refractivity contribution in [3.63, 3.8) is 0 Å². The SMILES string of the molecule is Cc1ccc(NC(=O)c2cc3cc(Br)ccc3n2NC(=O)C(=O)Nc2ccc(C)cc2Br)cc1. The van der Waals surface area contributed by atoms with Crippen molar-refractivity contribution in [2.45, 2.75) is 13.8 Å². The second-order valence-electron chi connectivity index (χ2n) is 7.77. The standard InChI is InChI=1S/C25H20Br2N4O3/c1-14-3-7-18(8-4-14)28-23(32)22-13-16-12-17(26)6-10-21(16)31(22)30-25(34)24(33)29-20-9-5-15(2)11-19(20)27/h3-13H,1-2H3,(H,28,32)(H,29,33)(H,30,34). The van der Waals surface area contributed by atoms with E-state index in [0.717, 1.165) is 15.6 Å². The Balaban J connectivity index is 1.62. The quantitative estimate of drug-likeness (QED) is 0.267. The highest BCUT2D eigenvalue weighted by atomic mass is 79.9. The fourth-order valence-corrected chi connectivity index (χ4v) is 4.33. The molecule has 0 aliphatic rings. The summed E-state index contributed by atoms with van der Waals surface area (Å²) in [6.45, 7) is 3.87. The van der Waals surface area contributed by atoms with Crippen LogP contribution in [0.5, 0.6) is 0 Å². The van der Waals surface area contributed by atoms with Crippen molar-refractivity contribution < 1.29 is 14.4 Å². The first-order valence-electron chi connectivity index (χ1n) is 10.3. The van der Waals surface area contributed by atoms with Crippen molar-refractivity contribution in [2.24, 2.45) is 0 Å². The van der Waals surface area contributed by atoms with Gasteiger partial charge in [-0.25, -0.2) is 4.68 Å². The summed E-state index contributed by atoms with van der Waals surface area (Å²) in [4.78, 5) is 38.5. The first-order valence-corrected chi connectivity index (χ1v) is 11.9. The van der Waals surface area contributed by atoms with E-state index >= 15 is 0 Å². The number of hydrogen-bond acceptors (Lipinski definition) is 3. The smallest absolute Gasteiger partial charge is 0.321 e. The molecule has 34 heavy (non-hydrogen) atoms. The summed E-state index contributed by atoms with van der Waals surface area (Å²) < 4.78 is 2.79. The molecule has 3 N–H and O–H groups in total. The van der Waals surface area contributed by atoms with Crippen molar-refractivity contribution in [3.05, 3.63) is 92.5 Å². The number of hydrogen-bond donors (Lipinski definition) is 3. The Morgan fingerprint density at radius 3 is 2.18 bits per heavy atom. The van der Waals surface area contributed by atoms with Gasteiger partial charge in [-0.3, -0.25) is 19.8 Å². The molecule has 0 unspecified atom stereocenters. The van der Waals surface area contributed by atoms with Crippen LogP contribution in [0.2, 0.25) is 0 Å². The number of aryl methyl sites for hydroxylation is 2. The van der Waals surface area contributed by atoms with Crippen molar-refractivity contribution >= 4 is 71.9 Å². The molecule has 0 saturated carbocycles. The normalized spacial score (nSPS) is 10.7. The first-order chi connectivity index (χ1) is 16.2. The fraction of sp³-hybridized carbons (Fsp3) is 0.0800. The summed E-state index contributed by atoms with van der Waals surface area (Å²) in [5, 5.41) is 6.12. The maximum atomic E-state index is 13.1. The third kappa shape index (κ3) is 5.21. The molecule has 4 rings (SSSR count). The molecular weight excluding hydrogens is 564 g/mol. The van der Waals surface area contributed by atoms with E-state index in [9.17, 15) is 14.4 Å². The maximum absolute atomic E-state index is 13.1. The lowest BCUT2D eigenvalue weighted by atomic mass is 10.2. The summed E-state index contributed by atoms with van der Waals surface area (Å²) in [7, 11) is 0. The van der Waals surface area contributed by atoms with Crippen molar-refractivity contribution in [2.75, 3.05) is 16.1 Å². The summed E-state index contributed by atoms with van der Waals surface area (Å²) in [6, 6.07) is 19.7. The van der Waals surface area contributed by atoms with E-state index in [1.165, 1.54) is 4.68 Å². The van der Waals surface area contributed by atoms with Crippen molar-refractivity contribution in [3.8, 4) is 0 Å². The number of carbonyl (C=O) groups excluding carboxylic acids is 3. The average Bonchev–Trinajstić information content (AvgIpc) is 3.14. The minimum atomic E-state index is -0.919. The topological polar surface area (TPSA) is 92.2 Å². The molecule has 7 nitrogen and oxygen atoms in total. The predicted molar refractivity (Wildman–Crippen MR) is 141 cm³/mol. The summed E-state index contributed by atoms with van der Waals surface area (Å²) >= 11 is 6.80. The molecule has 0 aliphatic carbocycles. The number of benzene rings is 3. The van der Waals surface area contributed by atoms with E-state index in [1.807, 2.05) is 44.2 Å². The molecule has 0 atom stereocenters. The maximum Gasteiger partial charge on any atom is 0.328 e. The van der Waals surface area contributed by atoms with Crippen LogP contribution in [0.15, 0.2) is 75.7 Å². The van der Waals surface area contributed by atoms with Crippen LogP contribution in [0.25, 0.3) is 10.9 Å². The summed E-state index contributed by atoms with van der Waals surface area (Å²) in [5.41, 5.74) is 6.43. The zero-order valence-corrected chi connectivity index (χ0v) is 21.5. The Labute approximate surface area is 212 Å². The molecule has 0 aliphatic heterocycles. The number of nitrogens with zero attached hydrogens (tertiary/aromatic N) is 1. The zero-order chi connectivity index (χ0) is 24.4. The lowest BCUT2D eigenvalue weighted by Gasteiger charge is -2.13. The number of carbonyl (C=O) groups is 3. The summed E-state index contributed by atoms with van der Waals surface area (Å²) in [5.74, 6) is -2.22. The number of halogens is 2. The third-order valence-corrected chi connectivity index (χ3v) is 6.25. The highest BCUT2D eigenvalue weighted by Gasteiger charge is 2.21. The second-order valence-corrected chi connectivity index (χ2v) is 9.54. The van der Waals surface area contributed by atoms with E-state index in [0.29, 0.717) is 26.8 Å². The van der Waals surface area contributed by atoms with Gasteiger partial charge >= 0.3 is 11.8 Å². The highest BCUT2D eigenvalue weighted by Crippen LogP contribution is 2.25. The Bertz CT molecular complexity index is 1430. The van der Waals surface area contributed by atoms with E-state index in [1.54, 1.807) is 36.4 Å². The van der Waals surface area contributed by atoms with Crippen LogP contribution in [0.1, 0.15) is 21.6 Å². The Morgan fingerprint density at radius 2 is 1.47 bits per heavy atom. The molecule has 0 fully saturated rings. The molecule has 172 valence electrons. The van der Waals surface area contributed by atoms with Crippen molar-refractivity contribution in [1.29, 1.82) is 0 Å². The van der Waals surface area contributed by atoms with E-state index in [-0.39, 0.29) is 5.69 Å². The second kappa shape index (κ2) is 9.82. The Morgan fingerprint density at radius 1 is 0.765 bits per heavy atom. The minimum absolute atomic E-state index is 0.173. The van der Waals surface area contributed by atoms with Gasteiger partial charge in [0.05, 0.1) is 11.2 Å². The van der Waals surface area contributed by atoms with Crippen LogP contribution in [0.3, 0.4) is 0 Å². The zero-order valence-electron chi connectivity index (χ0n) is 18.3. The predicted octanol–water partition coefficient (Wildman–Crippen LogP) is 5.74. The number of anilines is 2. The van der Waals surface area contributed by atoms with Gasteiger partial charge in [0.15, 0.2) is 0 Å². The number of nitrogens with one attached hydrogen (secondary N) is 3. The number of rotatable bonds is 4. The van der Waals surface area contributed by atoms with Crippen LogP contribution in [0.4, 0.5) is 11.4 Å². The highest BCUT2D eigenvalue weighted by molar-refractivity contribution is 9.10. The van der Waals surface area contributed by atoms with Gasteiger partial charge in [-0.15, -0.1) is 0 Å². The number of aromatic nitrogens is 1. The van der Waals surface area contributed by atoms with E-state index < -0.39 is 17.7 Å². The van der Waals surface area contributed by atoms with Gasteiger partial charge in [0.25, 0.3) is 5.91 Å². The molecular formula is C25H20Br2N4O3. The van der Waals surface area contributed by atoms with Crippen LogP contribution < -0.4 is 16.1 Å². The van der Waals surface area contributed by atoms with Gasteiger partial charge in [-0.2, -0.15) is 0 Å². The van der Waals surface area contributed by atoms with Crippen LogP contribution in [-0.4, -0.2) is 22.4 Å². The Kier molecular flexibility index (Phi) is 6.85. The molecule has 4 aromatic rings. The Hall–Kier alpha value is -3.43. The lowest BCUT2D eigenvalue weighted by molar-refractivity contribution is -0.133. The molecule has 1 aromatic heterocycles. The largest absolute Gasteiger partial charge is 0.328 e. The molecule has 0 spiro atoms.